The third kappa shape index (κ3) is 4.54. The average Bonchev–Trinajstić information content (AvgIpc) is 2.90. The molecule has 0 saturated carbocycles. The number of carbonyl (C=O) groups excluding carboxylic acids is 1. The van der Waals surface area contributed by atoms with Gasteiger partial charge in [-0.25, -0.2) is 9.78 Å². The zero-order valence-electron chi connectivity index (χ0n) is 12.4. The molecule has 0 aliphatic rings. The van der Waals surface area contributed by atoms with E-state index in [1.54, 1.807) is 11.3 Å². The van der Waals surface area contributed by atoms with Crippen LogP contribution in [0.2, 0.25) is 0 Å². The summed E-state index contributed by atoms with van der Waals surface area (Å²) in [5.41, 5.74) is 2.89. The van der Waals surface area contributed by atoms with E-state index in [1.165, 1.54) is 0 Å². The maximum atomic E-state index is 11.9. The van der Waals surface area contributed by atoms with Crippen molar-refractivity contribution in [3.8, 4) is 0 Å². The van der Waals surface area contributed by atoms with Crippen molar-refractivity contribution in [2.45, 2.75) is 26.4 Å². The van der Waals surface area contributed by atoms with Crippen LogP contribution in [0.15, 0.2) is 29.6 Å². The Kier molecular flexibility index (Phi) is 5.30. The number of urea groups is 1. The molecule has 2 aromatic rings. The van der Waals surface area contributed by atoms with E-state index >= 15 is 0 Å². The molecular weight excluding hydrogens is 284 g/mol. The summed E-state index contributed by atoms with van der Waals surface area (Å²) < 4.78 is 0. The van der Waals surface area contributed by atoms with E-state index in [-0.39, 0.29) is 12.1 Å². The number of nitrogens with zero attached hydrogens (tertiary/aromatic N) is 1. The summed E-state index contributed by atoms with van der Waals surface area (Å²) in [4.78, 5) is 16.2. The highest BCUT2D eigenvalue weighted by atomic mass is 32.1. The van der Waals surface area contributed by atoms with Crippen LogP contribution in [0.25, 0.3) is 0 Å². The maximum Gasteiger partial charge on any atom is 0.319 e. The number of amides is 2. The average molecular weight is 304 g/mol. The van der Waals surface area contributed by atoms with Gasteiger partial charge in [-0.2, -0.15) is 0 Å². The summed E-state index contributed by atoms with van der Waals surface area (Å²) in [5, 5.41) is 11.7. The topological polar surface area (TPSA) is 66.0 Å². The second-order valence-electron chi connectivity index (χ2n) is 4.83. The molecular formula is C15H20N4OS. The summed E-state index contributed by atoms with van der Waals surface area (Å²) >= 11 is 1.55. The Labute approximate surface area is 128 Å². The number of nitrogens with one attached hydrogen (secondary N) is 3. The molecule has 0 saturated heterocycles. The molecule has 3 N–H and O–H groups in total. The number of aromatic nitrogens is 1. The van der Waals surface area contributed by atoms with Gasteiger partial charge in [0.2, 0.25) is 0 Å². The lowest BCUT2D eigenvalue weighted by molar-refractivity contribution is 0.251. The summed E-state index contributed by atoms with van der Waals surface area (Å²) in [6, 6.07) is 7.82. The normalized spacial score (nSPS) is 12.0. The first-order valence-corrected chi connectivity index (χ1v) is 7.69. The minimum Gasteiger partial charge on any atom is -0.331 e. The fourth-order valence-electron chi connectivity index (χ4n) is 1.87. The smallest absolute Gasteiger partial charge is 0.319 e. The van der Waals surface area contributed by atoms with Crippen molar-refractivity contribution >= 4 is 23.1 Å². The number of anilines is 1. The highest BCUT2D eigenvalue weighted by Crippen LogP contribution is 2.17. The highest BCUT2D eigenvalue weighted by molar-refractivity contribution is 7.09. The molecule has 0 aliphatic heterocycles. The molecule has 2 rings (SSSR count). The van der Waals surface area contributed by atoms with Gasteiger partial charge in [0.25, 0.3) is 0 Å². The number of benzene rings is 1. The first kappa shape index (κ1) is 15.5. The monoisotopic (exact) mass is 304 g/mol. The Morgan fingerprint density at radius 2 is 2.24 bits per heavy atom. The Morgan fingerprint density at radius 1 is 1.43 bits per heavy atom. The van der Waals surface area contributed by atoms with Gasteiger partial charge < -0.3 is 16.0 Å². The molecule has 0 spiro atoms. The van der Waals surface area contributed by atoms with Crippen LogP contribution >= 0.6 is 11.3 Å². The van der Waals surface area contributed by atoms with Crippen molar-refractivity contribution in [2.24, 2.45) is 0 Å². The van der Waals surface area contributed by atoms with Crippen molar-refractivity contribution in [1.29, 1.82) is 0 Å². The zero-order chi connectivity index (χ0) is 15.2. The fourth-order valence-corrected chi connectivity index (χ4v) is 2.58. The van der Waals surface area contributed by atoms with Crippen LogP contribution in [0.4, 0.5) is 10.5 Å². The van der Waals surface area contributed by atoms with Crippen LogP contribution in [-0.4, -0.2) is 18.1 Å². The van der Waals surface area contributed by atoms with E-state index in [9.17, 15) is 4.79 Å². The van der Waals surface area contributed by atoms with Crippen LogP contribution in [-0.2, 0) is 6.54 Å². The molecule has 0 radical (unpaired) electrons. The predicted molar refractivity (Wildman–Crippen MR) is 86.6 cm³/mol. The molecule has 0 aliphatic carbocycles. The summed E-state index contributed by atoms with van der Waals surface area (Å²) in [7, 11) is 1.91. The summed E-state index contributed by atoms with van der Waals surface area (Å²) in [6.07, 6.45) is 0. The van der Waals surface area contributed by atoms with Gasteiger partial charge in [0, 0.05) is 22.8 Å². The van der Waals surface area contributed by atoms with Crippen molar-refractivity contribution in [3.05, 3.63) is 45.9 Å². The van der Waals surface area contributed by atoms with Crippen molar-refractivity contribution in [1.82, 2.24) is 15.6 Å². The van der Waals surface area contributed by atoms with Gasteiger partial charge in [0.15, 0.2) is 0 Å². The van der Waals surface area contributed by atoms with E-state index in [2.05, 4.69) is 27.9 Å². The zero-order valence-corrected chi connectivity index (χ0v) is 13.3. The minimum absolute atomic E-state index is 0.225. The van der Waals surface area contributed by atoms with Crippen LogP contribution < -0.4 is 16.0 Å². The molecule has 1 aromatic carbocycles. The van der Waals surface area contributed by atoms with E-state index in [0.717, 1.165) is 22.0 Å². The first-order valence-electron chi connectivity index (χ1n) is 6.81. The van der Waals surface area contributed by atoms with E-state index < -0.39 is 0 Å². The number of carbonyl (C=O) groups is 1. The maximum absolute atomic E-state index is 11.9. The van der Waals surface area contributed by atoms with E-state index in [4.69, 9.17) is 0 Å². The van der Waals surface area contributed by atoms with Gasteiger partial charge in [0.05, 0.1) is 6.54 Å². The molecule has 112 valence electrons. The third-order valence-corrected chi connectivity index (χ3v) is 4.11. The second-order valence-corrected chi connectivity index (χ2v) is 5.77. The fraction of sp³-hybridized carbons (Fsp3) is 0.333. The molecule has 5 nitrogen and oxygen atoms in total. The number of thiazole rings is 1. The van der Waals surface area contributed by atoms with Crippen molar-refractivity contribution < 1.29 is 4.79 Å². The molecule has 0 fully saturated rings. The highest BCUT2D eigenvalue weighted by Gasteiger charge is 2.06. The second kappa shape index (κ2) is 7.19. The number of rotatable bonds is 5. The molecule has 0 bridgehead atoms. The van der Waals surface area contributed by atoms with Crippen molar-refractivity contribution in [3.63, 3.8) is 0 Å². The molecule has 6 heteroatoms. The summed E-state index contributed by atoms with van der Waals surface area (Å²) in [5.74, 6) is 0. The standard InChI is InChI=1S/C15H20N4OS/c1-10-9-21-14(18-10)8-17-15(20)19-13-6-4-5-12(7-13)11(2)16-3/h4-7,9,11,16H,8H2,1-3H3,(H2,17,19,20). The third-order valence-electron chi connectivity index (χ3n) is 3.14. The van der Waals surface area contributed by atoms with Crippen LogP contribution in [0.3, 0.4) is 0 Å². The molecule has 1 unspecified atom stereocenters. The Bertz CT molecular complexity index is 611. The van der Waals surface area contributed by atoms with E-state index in [0.29, 0.717) is 6.54 Å². The number of hydrogen-bond acceptors (Lipinski definition) is 4. The Hall–Kier alpha value is -1.92. The lowest BCUT2D eigenvalue weighted by atomic mass is 10.1. The van der Waals surface area contributed by atoms with Crippen LogP contribution in [0, 0.1) is 6.92 Å². The SMILES string of the molecule is CNC(C)c1cccc(NC(=O)NCc2nc(C)cs2)c1. The predicted octanol–water partition coefficient (Wildman–Crippen LogP) is 3.05. The minimum atomic E-state index is -0.225. The summed E-state index contributed by atoms with van der Waals surface area (Å²) in [6.45, 7) is 4.45. The van der Waals surface area contributed by atoms with Crippen LogP contribution in [0.1, 0.15) is 29.2 Å². The molecule has 1 atom stereocenters. The lowest BCUT2D eigenvalue weighted by Gasteiger charge is -2.12. The Morgan fingerprint density at radius 3 is 2.90 bits per heavy atom. The molecule has 1 aromatic heterocycles. The molecule has 21 heavy (non-hydrogen) atoms. The van der Waals surface area contributed by atoms with Gasteiger partial charge in [-0.1, -0.05) is 12.1 Å². The van der Waals surface area contributed by atoms with E-state index in [1.807, 2.05) is 43.6 Å². The molecule has 2 amide bonds. The van der Waals surface area contributed by atoms with Crippen molar-refractivity contribution in [2.75, 3.05) is 12.4 Å². The lowest BCUT2D eigenvalue weighted by Crippen LogP contribution is -2.28. The van der Waals surface area contributed by atoms with Crippen LogP contribution in [0.5, 0.6) is 0 Å². The molecule has 1 heterocycles. The van der Waals surface area contributed by atoms with Gasteiger partial charge in [-0.3, -0.25) is 0 Å². The van der Waals surface area contributed by atoms with Gasteiger partial charge in [-0.05, 0) is 38.6 Å². The quantitative estimate of drug-likeness (QED) is 0.795. The number of aryl methyl sites for hydroxylation is 1. The largest absolute Gasteiger partial charge is 0.331 e. The number of hydrogen-bond donors (Lipinski definition) is 3. The first-order chi connectivity index (χ1) is 10.1. The van der Waals surface area contributed by atoms with Gasteiger partial charge >= 0.3 is 6.03 Å². The van der Waals surface area contributed by atoms with Gasteiger partial charge in [0.1, 0.15) is 5.01 Å². The Balaban J connectivity index is 1.90. The van der Waals surface area contributed by atoms with Gasteiger partial charge in [-0.15, -0.1) is 11.3 Å².